The molecule has 116 valence electrons. The molecule has 3 aliphatic rings. The Morgan fingerprint density at radius 3 is 2.81 bits per heavy atom. The summed E-state index contributed by atoms with van der Waals surface area (Å²) in [4.78, 5) is 27.1. The Hall–Kier alpha value is -1.76. The molecule has 2 amide bonds. The molecule has 2 saturated heterocycles. The first-order chi connectivity index (χ1) is 10.1. The molecule has 3 heterocycles. The van der Waals surface area contributed by atoms with Crippen LogP contribution >= 0.6 is 0 Å². The van der Waals surface area contributed by atoms with Crippen LogP contribution in [0.4, 0.5) is 4.79 Å². The number of fused-ring (bicyclic) bond motifs is 1. The number of carbonyl (C=O) groups excluding carboxylic acids is 2. The van der Waals surface area contributed by atoms with Gasteiger partial charge in [-0.1, -0.05) is 0 Å². The SMILES string of the molecule is CCOC(=O)N1CCC2(CC1)CCN1C(=O)C=CNC1N2. The fourth-order valence-corrected chi connectivity index (χ4v) is 3.31. The van der Waals surface area contributed by atoms with Crippen molar-refractivity contribution < 1.29 is 14.3 Å². The average Bonchev–Trinajstić information content (AvgIpc) is 2.48. The molecule has 21 heavy (non-hydrogen) atoms. The van der Waals surface area contributed by atoms with Gasteiger partial charge in [-0.3, -0.25) is 10.1 Å². The number of rotatable bonds is 1. The maximum absolute atomic E-state index is 11.8. The van der Waals surface area contributed by atoms with Crippen LogP contribution in [-0.4, -0.2) is 59.9 Å². The lowest BCUT2D eigenvalue weighted by Gasteiger charge is -2.51. The predicted octanol–water partition coefficient (Wildman–Crippen LogP) is 0.200. The van der Waals surface area contributed by atoms with Crippen LogP contribution in [0, 0.1) is 0 Å². The number of nitrogens with one attached hydrogen (secondary N) is 2. The van der Waals surface area contributed by atoms with Gasteiger partial charge >= 0.3 is 6.09 Å². The van der Waals surface area contributed by atoms with Crippen molar-refractivity contribution in [3.05, 3.63) is 12.3 Å². The molecule has 0 aromatic heterocycles. The molecule has 0 aromatic carbocycles. The highest BCUT2D eigenvalue weighted by atomic mass is 16.6. The second-order valence-corrected chi connectivity index (χ2v) is 5.79. The van der Waals surface area contributed by atoms with Crippen molar-refractivity contribution >= 4 is 12.0 Å². The summed E-state index contributed by atoms with van der Waals surface area (Å²) in [6, 6.07) is 0. The molecule has 0 aromatic rings. The van der Waals surface area contributed by atoms with Crippen molar-refractivity contribution in [2.45, 2.75) is 38.0 Å². The maximum atomic E-state index is 11.8. The highest BCUT2D eigenvalue weighted by molar-refractivity contribution is 5.88. The predicted molar refractivity (Wildman–Crippen MR) is 76.1 cm³/mol. The molecular weight excluding hydrogens is 272 g/mol. The van der Waals surface area contributed by atoms with Gasteiger partial charge in [-0.15, -0.1) is 0 Å². The topological polar surface area (TPSA) is 73.9 Å². The summed E-state index contributed by atoms with van der Waals surface area (Å²) in [5.74, 6) is 0.0464. The summed E-state index contributed by atoms with van der Waals surface area (Å²) in [5, 5.41) is 6.74. The van der Waals surface area contributed by atoms with Gasteiger partial charge in [-0.25, -0.2) is 4.79 Å². The number of ether oxygens (including phenoxy) is 1. The highest BCUT2D eigenvalue weighted by Gasteiger charge is 2.43. The van der Waals surface area contributed by atoms with Gasteiger partial charge in [0.25, 0.3) is 5.91 Å². The Morgan fingerprint density at radius 2 is 2.10 bits per heavy atom. The zero-order chi connectivity index (χ0) is 14.9. The number of likely N-dealkylation sites (tertiary alicyclic amines) is 1. The largest absolute Gasteiger partial charge is 0.450 e. The summed E-state index contributed by atoms with van der Waals surface area (Å²) >= 11 is 0. The smallest absolute Gasteiger partial charge is 0.409 e. The van der Waals surface area contributed by atoms with Gasteiger partial charge in [0.2, 0.25) is 0 Å². The van der Waals surface area contributed by atoms with Crippen LogP contribution in [0.2, 0.25) is 0 Å². The molecule has 0 aliphatic carbocycles. The normalized spacial score (nSPS) is 27.3. The average molecular weight is 294 g/mol. The molecule has 7 heteroatoms. The van der Waals surface area contributed by atoms with Crippen LogP contribution in [0.25, 0.3) is 0 Å². The van der Waals surface area contributed by atoms with Gasteiger partial charge in [0, 0.05) is 37.4 Å². The zero-order valence-corrected chi connectivity index (χ0v) is 12.3. The molecule has 3 rings (SSSR count). The third kappa shape index (κ3) is 2.70. The maximum Gasteiger partial charge on any atom is 0.409 e. The Labute approximate surface area is 124 Å². The van der Waals surface area contributed by atoms with E-state index in [9.17, 15) is 9.59 Å². The number of amides is 2. The minimum atomic E-state index is -0.223. The van der Waals surface area contributed by atoms with Crippen LogP contribution in [0.3, 0.4) is 0 Å². The summed E-state index contributed by atoms with van der Waals surface area (Å²) in [5.41, 5.74) is 0.00260. The molecule has 1 spiro atoms. The lowest BCUT2D eigenvalue weighted by Crippen LogP contribution is -2.70. The third-order valence-electron chi connectivity index (χ3n) is 4.60. The lowest BCUT2D eigenvalue weighted by molar-refractivity contribution is -0.134. The van der Waals surface area contributed by atoms with E-state index in [0.717, 1.165) is 25.8 Å². The van der Waals surface area contributed by atoms with E-state index in [1.807, 2.05) is 11.8 Å². The molecule has 0 bridgehead atoms. The Bertz CT molecular complexity index is 457. The monoisotopic (exact) mass is 294 g/mol. The molecule has 3 aliphatic heterocycles. The number of nitrogens with zero attached hydrogens (tertiary/aromatic N) is 2. The molecule has 1 unspecified atom stereocenters. The second kappa shape index (κ2) is 5.55. The quantitative estimate of drug-likeness (QED) is 0.723. The number of carbonyl (C=O) groups is 2. The van der Waals surface area contributed by atoms with Crippen LogP contribution in [0.5, 0.6) is 0 Å². The molecule has 0 saturated carbocycles. The fraction of sp³-hybridized carbons (Fsp3) is 0.714. The molecule has 2 fully saturated rings. The minimum Gasteiger partial charge on any atom is -0.450 e. The van der Waals surface area contributed by atoms with Gasteiger partial charge < -0.3 is 19.9 Å². The molecule has 1 atom stereocenters. The van der Waals surface area contributed by atoms with E-state index < -0.39 is 0 Å². The van der Waals surface area contributed by atoms with Crippen molar-refractivity contribution in [1.29, 1.82) is 0 Å². The van der Waals surface area contributed by atoms with Gasteiger partial charge in [-0.2, -0.15) is 0 Å². The Kier molecular flexibility index (Phi) is 3.75. The van der Waals surface area contributed by atoms with Gasteiger partial charge in [0.1, 0.15) is 0 Å². The third-order valence-corrected chi connectivity index (χ3v) is 4.60. The molecule has 0 radical (unpaired) electrons. The summed E-state index contributed by atoms with van der Waals surface area (Å²) < 4.78 is 5.05. The Morgan fingerprint density at radius 1 is 1.38 bits per heavy atom. The number of hydrogen-bond donors (Lipinski definition) is 2. The van der Waals surface area contributed by atoms with E-state index in [1.165, 1.54) is 0 Å². The van der Waals surface area contributed by atoms with Crippen LogP contribution < -0.4 is 10.6 Å². The second-order valence-electron chi connectivity index (χ2n) is 5.79. The first-order valence-corrected chi connectivity index (χ1v) is 7.56. The van der Waals surface area contributed by atoms with Gasteiger partial charge in [0.15, 0.2) is 6.29 Å². The summed E-state index contributed by atoms with van der Waals surface area (Å²) in [6.45, 7) is 4.37. The van der Waals surface area contributed by atoms with E-state index in [1.54, 1.807) is 17.2 Å². The van der Waals surface area contributed by atoms with E-state index >= 15 is 0 Å². The summed E-state index contributed by atoms with van der Waals surface area (Å²) in [6.07, 6.45) is 5.58. The van der Waals surface area contributed by atoms with Crippen molar-refractivity contribution in [3.8, 4) is 0 Å². The van der Waals surface area contributed by atoms with Crippen molar-refractivity contribution in [2.75, 3.05) is 26.2 Å². The van der Waals surface area contributed by atoms with Crippen molar-refractivity contribution in [3.63, 3.8) is 0 Å². The fourth-order valence-electron chi connectivity index (χ4n) is 3.31. The standard InChI is InChI=1S/C14H22N4O3/c1-2-21-13(20)17-8-4-14(5-9-17)6-10-18-11(19)3-7-15-12(18)16-14/h3,7,12,15-16H,2,4-6,8-10H2,1H3. The van der Waals surface area contributed by atoms with Gasteiger partial charge in [-0.05, 0) is 26.2 Å². The van der Waals surface area contributed by atoms with Crippen LogP contribution in [-0.2, 0) is 9.53 Å². The molecule has 7 nitrogen and oxygen atoms in total. The Balaban J connectivity index is 1.60. The van der Waals surface area contributed by atoms with E-state index in [2.05, 4.69) is 10.6 Å². The molecule has 2 N–H and O–H groups in total. The summed E-state index contributed by atoms with van der Waals surface area (Å²) in [7, 11) is 0. The molecular formula is C14H22N4O3. The van der Waals surface area contributed by atoms with Crippen molar-refractivity contribution in [2.24, 2.45) is 0 Å². The zero-order valence-electron chi connectivity index (χ0n) is 12.3. The van der Waals surface area contributed by atoms with Crippen molar-refractivity contribution in [1.82, 2.24) is 20.4 Å². The number of hydrogen-bond acceptors (Lipinski definition) is 5. The first-order valence-electron chi connectivity index (χ1n) is 7.56. The van der Waals surface area contributed by atoms with Gasteiger partial charge in [0.05, 0.1) is 6.61 Å². The first kappa shape index (κ1) is 14.2. The minimum absolute atomic E-state index is 0.00260. The van der Waals surface area contributed by atoms with Crippen LogP contribution in [0.15, 0.2) is 12.3 Å². The van der Waals surface area contributed by atoms with E-state index in [4.69, 9.17) is 4.74 Å². The lowest BCUT2D eigenvalue weighted by atomic mass is 9.82. The van der Waals surface area contributed by atoms with E-state index in [-0.39, 0.29) is 23.8 Å². The number of piperidine rings is 1. The van der Waals surface area contributed by atoms with E-state index in [0.29, 0.717) is 19.7 Å². The van der Waals surface area contributed by atoms with Crippen LogP contribution in [0.1, 0.15) is 26.2 Å². The highest BCUT2D eigenvalue weighted by Crippen LogP contribution is 2.30.